The summed E-state index contributed by atoms with van der Waals surface area (Å²) in [5, 5.41) is 2.75. The van der Waals surface area contributed by atoms with E-state index in [0.29, 0.717) is 19.6 Å². The lowest BCUT2D eigenvalue weighted by Crippen LogP contribution is -2.40. The minimum Gasteiger partial charge on any atom is -0.380 e. The highest BCUT2D eigenvalue weighted by Crippen LogP contribution is 1.97. The number of carbonyl (C=O) groups is 1. The van der Waals surface area contributed by atoms with Crippen LogP contribution in [0.25, 0.3) is 0 Å². The molecule has 82 valence electrons. The lowest BCUT2D eigenvalue weighted by molar-refractivity contribution is -0.122. The number of nitrogens with zero attached hydrogens (tertiary/aromatic N) is 1. The Morgan fingerprint density at radius 1 is 1.43 bits per heavy atom. The van der Waals surface area contributed by atoms with Gasteiger partial charge in [-0.3, -0.25) is 9.69 Å². The van der Waals surface area contributed by atoms with Crippen molar-refractivity contribution in [3.63, 3.8) is 0 Å². The molecule has 0 bridgehead atoms. The molecule has 1 aliphatic rings. The van der Waals surface area contributed by atoms with Crippen molar-refractivity contribution in [2.45, 2.75) is 6.42 Å². The summed E-state index contributed by atoms with van der Waals surface area (Å²) in [6, 6.07) is 0. The molecule has 1 heterocycles. The Bertz CT molecular complexity index is 167. The maximum absolute atomic E-state index is 11.3. The van der Waals surface area contributed by atoms with Crippen molar-refractivity contribution in [3.05, 3.63) is 0 Å². The number of nitrogens with one attached hydrogen (secondary N) is 1. The summed E-state index contributed by atoms with van der Waals surface area (Å²) in [4.78, 5) is 13.4. The summed E-state index contributed by atoms with van der Waals surface area (Å²) >= 11 is 0. The van der Waals surface area contributed by atoms with E-state index in [2.05, 4.69) is 10.2 Å². The minimum atomic E-state index is 0.0531. The van der Waals surface area contributed by atoms with Gasteiger partial charge in [0.1, 0.15) is 0 Å². The van der Waals surface area contributed by atoms with Gasteiger partial charge in [0.05, 0.1) is 13.2 Å². The van der Waals surface area contributed by atoms with Crippen LogP contribution in [0.5, 0.6) is 0 Å². The van der Waals surface area contributed by atoms with Crippen molar-refractivity contribution in [2.24, 2.45) is 5.73 Å². The minimum absolute atomic E-state index is 0.0531. The first kappa shape index (κ1) is 11.4. The molecule has 1 aliphatic heterocycles. The van der Waals surface area contributed by atoms with E-state index in [4.69, 9.17) is 10.5 Å². The number of rotatable bonds is 4. The molecule has 0 aromatic rings. The van der Waals surface area contributed by atoms with Crippen LogP contribution >= 0.6 is 0 Å². The van der Waals surface area contributed by atoms with Crippen molar-refractivity contribution in [2.75, 3.05) is 45.9 Å². The maximum atomic E-state index is 11.3. The molecule has 1 fully saturated rings. The highest BCUT2D eigenvalue weighted by Gasteiger charge is 2.12. The highest BCUT2D eigenvalue weighted by atomic mass is 16.5. The third-order valence-electron chi connectivity index (χ3n) is 2.15. The van der Waals surface area contributed by atoms with E-state index in [9.17, 15) is 4.79 Å². The number of hydrogen-bond acceptors (Lipinski definition) is 4. The van der Waals surface area contributed by atoms with Gasteiger partial charge in [0.2, 0.25) is 5.91 Å². The van der Waals surface area contributed by atoms with Gasteiger partial charge in [-0.1, -0.05) is 0 Å². The lowest BCUT2D eigenvalue weighted by atomic mass is 10.4. The molecule has 0 radical (unpaired) electrons. The quantitative estimate of drug-likeness (QED) is 0.598. The van der Waals surface area contributed by atoms with Crippen LogP contribution in [0.4, 0.5) is 0 Å². The average molecular weight is 201 g/mol. The number of carbonyl (C=O) groups excluding carboxylic acids is 1. The van der Waals surface area contributed by atoms with Gasteiger partial charge in [0.25, 0.3) is 0 Å². The SMILES string of the molecule is NCCNC(=O)CN1CCCOCC1. The standard InChI is InChI=1S/C9H19N3O2/c10-2-3-11-9(13)8-12-4-1-6-14-7-5-12/h1-8,10H2,(H,11,13). The first-order chi connectivity index (χ1) is 6.83. The van der Waals surface area contributed by atoms with Crippen LogP contribution in [0.3, 0.4) is 0 Å². The van der Waals surface area contributed by atoms with Gasteiger partial charge in [-0.2, -0.15) is 0 Å². The topological polar surface area (TPSA) is 67.6 Å². The van der Waals surface area contributed by atoms with Gasteiger partial charge in [0.15, 0.2) is 0 Å². The normalized spacial score (nSPS) is 18.9. The molecular weight excluding hydrogens is 182 g/mol. The number of amides is 1. The lowest BCUT2D eigenvalue weighted by Gasteiger charge is -2.17. The summed E-state index contributed by atoms with van der Waals surface area (Å²) in [7, 11) is 0. The molecule has 5 heteroatoms. The van der Waals surface area contributed by atoms with E-state index in [1.165, 1.54) is 0 Å². The molecule has 1 saturated heterocycles. The predicted octanol–water partition coefficient (Wildman–Crippen LogP) is -1.22. The zero-order valence-corrected chi connectivity index (χ0v) is 8.50. The summed E-state index contributed by atoms with van der Waals surface area (Å²) in [5.41, 5.74) is 5.29. The third-order valence-corrected chi connectivity index (χ3v) is 2.15. The van der Waals surface area contributed by atoms with Crippen molar-refractivity contribution >= 4 is 5.91 Å². The van der Waals surface area contributed by atoms with Crippen molar-refractivity contribution < 1.29 is 9.53 Å². The van der Waals surface area contributed by atoms with Crippen LogP contribution < -0.4 is 11.1 Å². The first-order valence-corrected chi connectivity index (χ1v) is 5.10. The molecule has 0 unspecified atom stereocenters. The van der Waals surface area contributed by atoms with E-state index >= 15 is 0 Å². The Labute approximate surface area is 84.6 Å². The van der Waals surface area contributed by atoms with E-state index < -0.39 is 0 Å². The molecule has 1 rings (SSSR count). The van der Waals surface area contributed by atoms with Gasteiger partial charge in [0, 0.05) is 32.8 Å². The van der Waals surface area contributed by atoms with Crippen LogP contribution in [0.2, 0.25) is 0 Å². The molecule has 1 amide bonds. The van der Waals surface area contributed by atoms with E-state index in [0.717, 1.165) is 32.7 Å². The average Bonchev–Trinajstić information content (AvgIpc) is 2.43. The highest BCUT2D eigenvalue weighted by molar-refractivity contribution is 5.77. The van der Waals surface area contributed by atoms with E-state index in [1.54, 1.807) is 0 Å². The Kier molecular flexibility index (Phi) is 5.51. The van der Waals surface area contributed by atoms with Gasteiger partial charge in [-0.15, -0.1) is 0 Å². The number of nitrogens with two attached hydrogens (primary N) is 1. The Balaban J connectivity index is 2.17. The van der Waals surface area contributed by atoms with Crippen LogP contribution in [-0.4, -0.2) is 56.7 Å². The second kappa shape index (κ2) is 6.75. The van der Waals surface area contributed by atoms with Gasteiger partial charge < -0.3 is 15.8 Å². The molecule has 0 saturated carbocycles. The fraction of sp³-hybridized carbons (Fsp3) is 0.889. The Hall–Kier alpha value is -0.650. The molecule has 5 nitrogen and oxygen atoms in total. The van der Waals surface area contributed by atoms with Crippen molar-refractivity contribution in [3.8, 4) is 0 Å². The van der Waals surface area contributed by atoms with Crippen LogP contribution in [0, 0.1) is 0 Å². The molecule has 0 aliphatic carbocycles. The summed E-state index contributed by atoms with van der Waals surface area (Å²) in [5.74, 6) is 0.0531. The second-order valence-electron chi connectivity index (χ2n) is 3.38. The Morgan fingerprint density at radius 2 is 2.29 bits per heavy atom. The smallest absolute Gasteiger partial charge is 0.234 e. The monoisotopic (exact) mass is 201 g/mol. The molecule has 0 aromatic heterocycles. The van der Waals surface area contributed by atoms with E-state index in [-0.39, 0.29) is 5.91 Å². The maximum Gasteiger partial charge on any atom is 0.234 e. The van der Waals surface area contributed by atoms with E-state index in [1.807, 2.05) is 0 Å². The fourth-order valence-corrected chi connectivity index (χ4v) is 1.43. The molecule has 14 heavy (non-hydrogen) atoms. The predicted molar refractivity (Wildman–Crippen MR) is 53.9 cm³/mol. The molecular formula is C9H19N3O2. The molecule has 0 aromatic carbocycles. The van der Waals surface area contributed by atoms with Crippen LogP contribution in [-0.2, 0) is 9.53 Å². The summed E-state index contributed by atoms with van der Waals surface area (Å²) in [6.07, 6.45) is 1.00. The number of hydrogen-bond donors (Lipinski definition) is 2. The molecule has 0 atom stereocenters. The summed E-state index contributed by atoms with van der Waals surface area (Å²) < 4.78 is 5.29. The van der Waals surface area contributed by atoms with Crippen molar-refractivity contribution in [1.29, 1.82) is 0 Å². The first-order valence-electron chi connectivity index (χ1n) is 5.10. The van der Waals surface area contributed by atoms with Crippen LogP contribution in [0.1, 0.15) is 6.42 Å². The molecule has 3 N–H and O–H groups in total. The van der Waals surface area contributed by atoms with Gasteiger partial charge in [-0.25, -0.2) is 0 Å². The van der Waals surface area contributed by atoms with Crippen LogP contribution in [0.15, 0.2) is 0 Å². The van der Waals surface area contributed by atoms with Gasteiger partial charge >= 0.3 is 0 Å². The number of ether oxygens (including phenoxy) is 1. The Morgan fingerprint density at radius 3 is 3.07 bits per heavy atom. The zero-order chi connectivity index (χ0) is 10.2. The van der Waals surface area contributed by atoms with Crippen molar-refractivity contribution in [1.82, 2.24) is 10.2 Å². The largest absolute Gasteiger partial charge is 0.380 e. The molecule has 0 spiro atoms. The fourth-order valence-electron chi connectivity index (χ4n) is 1.43. The third kappa shape index (κ3) is 4.55. The second-order valence-corrected chi connectivity index (χ2v) is 3.38. The zero-order valence-electron chi connectivity index (χ0n) is 8.50. The summed E-state index contributed by atoms with van der Waals surface area (Å²) in [6.45, 7) is 4.83. The van der Waals surface area contributed by atoms with Gasteiger partial charge in [-0.05, 0) is 6.42 Å².